The van der Waals surface area contributed by atoms with Crippen molar-refractivity contribution in [2.75, 3.05) is 21.3 Å². The van der Waals surface area contributed by atoms with Crippen molar-refractivity contribution in [2.45, 2.75) is 13.5 Å². The number of benzene rings is 2. The molecule has 0 radical (unpaired) electrons. The molecule has 1 heterocycles. The molecule has 0 saturated carbocycles. The van der Waals surface area contributed by atoms with Crippen molar-refractivity contribution in [3.8, 4) is 17.2 Å². The SMILES string of the molecule is COc1cc(/C=C(\Cl)c2nnc(C(=O)NCc3ccc(C)cc3)s2)cc(OC)c1OC. The number of aromatic nitrogens is 2. The Labute approximate surface area is 189 Å². The number of hydrogen-bond acceptors (Lipinski definition) is 7. The number of carbonyl (C=O) groups is 1. The normalized spacial score (nSPS) is 11.2. The Morgan fingerprint density at radius 1 is 1.03 bits per heavy atom. The molecule has 0 aliphatic rings. The molecule has 3 rings (SSSR count). The fraction of sp³-hybridized carbons (Fsp3) is 0.227. The topological polar surface area (TPSA) is 82.6 Å². The van der Waals surface area contributed by atoms with E-state index in [-0.39, 0.29) is 10.9 Å². The van der Waals surface area contributed by atoms with Gasteiger partial charge in [0.05, 0.1) is 26.4 Å². The molecule has 0 spiro atoms. The van der Waals surface area contributed by atoms with Crippen molar-refractivity contribution in [1.29, 1.82) is 0 Å². The third kappa shape index (κ3) is 5.53. The molecule has 0 saturated heterocycles. The maximum Gasteiger partial charge on any atom is 0.282 e. The molecule has 0 aliphatic carbocycles. The zero-order chi connectivity index (χ0) is 22.4. The minimum atomic E-state index is -0.304. The van der Waals surface area contributed by atoms with Gasteiger partial charge < -0.3 is 19.5 Å². The molecule has 1 N–H and O–H groups in total. The van der Waals surface area contributed by atoms with Gasteiger partial charge in [-0.25, -0.2) is 0 Å². The minimum absolute atomic E-state index is 0.235. The van der Waals surface area contributed by atoms with Gasteiger partial charge in [0.15, 0.2) is 16.5 Å². The molecule has 2 aromatic carbocycles. The standard InChI is InChI=1S/C22H22ClN3O4S/c1-13-5-7-14(8-6-13)12-24-20(27)22-26-25-21(31-22)16(23)9-15-10-17(28-2)19(30-4)18(11-15)29-3/h5-11H,12H2,1-4H3,(H,24,27)/b16-9-. The number of rotatable bonds is 8. The lowest BCUT2D eigenvalue weighted by atomic mass is 10.1. The summed E-state index contributed by atoms with van der Waals surface area (Å²) in [7, 11) is 4.62. The van der Waals surface area contributed by atoms with E-state index in [0.717, 1.165) is 28.0 Å². The van der Waals surface area contributed by atoms with Crippen LogP contribution in [0.2, 0.25) is 0 Å². The van der Waals surface area contributed by atoms with Crippen LogP contribution in [0.1, 0.15) is 31.5 Å². The van der Waals surface area contributed by atoms with E-state index in [2.05, 4.69) is 15.5 Å². The molecule has 9 heteroatoms. The molecule has 31 heavy (non-hydrogen) atoms. The van der Waals surface area contributed by atoms with Crippen LogP contribution in [0.25, 0.3) is 11.1 Å². The van der Waals surface area contributed by atoms with E-state index in [4.69, 9.17) is 25.8 Å². The summed E-state index contributed by atoms with van der Waals surface area (Å²) in [5.74, 6) is 1.19. The van der Waals surface area contributed by atoms with E-state index in [1.807, 2.05) is 31.2 Å². The largest absolute Gasteiger partial charge is 0.493 e. The van der Waals surface area contributed by atoms with E-state index in [1.54, 1.807) is 32.4 Å². The first-order chi connectivity index (χ1) is 14.9. The van der Waals surface area contributed by atoms with Gasteiger partial charge in [0.1, 0.15) is 0 Å². The lowest BCUT2D eigenvalue weighted by molar-refractivity contribution is 0.0950. The monoisotopic (exact) mass is 459 g/mol. The molecule has 1 amide bonds. The smallest absolute Gasteiger partial charge is 0.282 e. The van der Waals surface area contributed by atoms with Gasteiger partial charge in [0.2, 0.25) is 10.8 Å². The van der Waals surface area contributed by atoms with Crippen LogP contribution >= 0.6 is 22.9 Å². The Hall–Kier alpha value is -3.10. The summed E-state index contributed by atoms with van der Waals surface area (Å²) in [6.45, 7) is 2.42. The number of halogens is 1. The number of hydrogen-bond donors (Lipinski definition) is 1. The molecular weight excluding hydrogens is 438 g/mol. The predicted octanol–water partition coefficient (Wildman–Crippen LogP) is 4.54. The van der Waals surface area contributed by atoms with Crippen molar-refractivity contribution in [3.05, 3.63) is 63.1 Å². The van der Waals surface area contributed by atoms with Crippen LogP contribution in [-0.4, -0.2) is 37.4 Å². The fourth-order valence-corrected chi connectivity index (χ4v) is 3.72. The Kier molecular flexibility index (Phi) is 7.49. The van der Waals surface area contributed by atoms with Crippen LogP contribution in [0.15, 0.2) is 36.4 Å². The molecule has 0 fully saturated rings. The van der Waals surface area contributed by atoms with Crippen LogP contribution in [0.4, 0.5) is 0 Å². The Bertz CT molecular complexity index is 1070. The first-order valence-corrected chi connectivity index (χ1v) is 10.5. The minimum Gasteiger partial charge on any atom is -0.493 e. The van der Waals surface area contributed by atoms with Crippen molar-refractivity contribution >= 4 is 40.0 Å². The molecule has 1 aromatic heterocycles. The van der Waals surface area contributed by atoms with Gasteiger partial charge in [-0.3, -0.25) is 4.79 Å². The maximum atomic E-state index is 12.4. The second-order valence-corrected chi connectivity index (χ2v) is 7.92. The summed E-state index contributed by atoms with van der Waals surface area (Å²) in [5, 5.41) is 11.8. The summed E-state index contributed by atoms with van der Waals surface area (Å²) >= 11 is 7.55. The first-order valence-electron chi connectivity index (χ1n) is 9.30. The molecule has 0 atom stereocenters. The van der Waals surface area contributed by atoms with Crippen molar-refractivity contribution in [2.24, 2.45) is 0 Å². The van der Waals surface area contributed by atoms with Crippen LogP contribution in [0, 0.1) is 6.92 Å². The Morgan fingerprint density at radius 3 is 2.23 bits per heavy atom. The van der Waals surface area contributed by atoms with Crippen LogP contribution < -0.4 is 19.5 Å². The quantitative estimate of drug-likeness (QED) is 0.532. The zero-order valence-electron chi connectivity index (χ0n) is 17.6. The van der Waals surface area contributed by atoms with Crippen LogP contribution in [-0.2, 0) is 6.54 Å². The molecule has 0 aliphatic heterocycles. The second-order valence-electron chi connectivity index (χ2n) is 6.53. The number of methoxy groups -OCH3 is 3. The molecule has 7 nitrogen and oxygen atoms in total. The average molecular weight is 460 g/mol. The van der Waals surface area contributed by atoms with Gasteiger partial charge in [-0.15, -0.1) is 10.2 Å². The van der Waals surface area contributed by atoms with Gasteiger partial charge in [0.25, 0.3) is 5.91 Å². The molecule has 0 bridgehead atoms. The highest BCUT2D eigenvalue weighted by molar-refractivity contribution is 7.15. The van der Waals surface area contributed by atoms with E-state index >= 15 is 0 Å². The highest BCUT2D eigenvalue weighted by atomic mass is 35.5. The number of aryl methyl sites for hydroxylation is 1. The van der Waals surface area contributed by atoms with Gasteiger partial charge in [0, 0.05) is 6.54 Å². The molecule has 162 valence electrons. The lowest BCUT2D eigenvalue weighted by Gasteiger charge is -2.12. The van der Waals surface area contributed by atoms with E-state index in [1.165, 1.54) is 7.11 Å². The Balaban J connectivity index is 1.74. The van der Waals surface area contributed by atoms with Crippen molar-refractivity contribution in [3.63, 3.8) is 0 Å². The first kappa shape index (κ1) is 22.6. The van der Waals surface area contributed by atoms with Gasteiger partial charge in [-0.1, -0.05) is 52.8 Å². The van der Waals surface area contributed by atoms with Gasteiger partial charge in [-0.2, -0.15) is 0 Å². The summed E-state index contributed by atoms with van der Waals surface area (Å²) in [6, 6.07) is 11.5. The van der Waals surface area contributed by atoms with Gasteiger partial charge in [-0.05, 0) is 36.3 Å². The fourth-order valence-electron chi connectivity index (χ4n) is 2.77. The number of ether oxygens (including phenoxy) is 3. The molecule has 0 unspecified atom stereocenters. The maximum absolute atomic E-state index is 12.4. The van der Waals surface area contributed by atoms with Crippen LogP contribution in [0.3, 0.4) is 0 Å². The average Bonchev–Trinajstić information content (AvgIpc) is 3.28. The Morgan fingerprint density at radius 2 is 1.65 bits per heavy atom. The van der Waals surface area contributed by atoms with Gasteiger partial charge >= 0.3 is 0 Å². The van der Waals surface area contributed by atoms with Crippen molar-refractivity contribution in [1.82, 2.24) is 15.5 Å². The van der Waals surface area contributed by atoms with Crippen LogP contribution in [0.5, 0.6) is 17.2 Å². The van der Waals surface area contributed by atoms with Crippen molar-refractivity contribution < 1.29 is 19.0 Å². The number of amides is 1. The van der Waals surface area contributed by atoms with E-state index in [0.29, 0.717) is 33.8 Å². The molecular formula is C22H22ClN3O4S. The molecule has 3 aromatic rings. The second kappa shape index (κ2) is 10.3. The summed E-state index contributed by atoms with van der Waals surface area (Å²) in [6.07, 6.45) is 1.69. The highest BCUT2D eigenvalue weighted by Crippen LogP contribution is 2.39. The highest BCUT2D eigenvalue weighted by Gasteiger charge is 2.16. The zero-order valence-corrected chi connectivity index (χ0v) is 19.1. The number of carbonyl (C=O) groups excluding carboxylic acids is 1. The third-order valence-corrected chi connectivity index (χ3v) is 5.73. The lowest BCUT2D eigenvalue weighted by Crippen LogP contribution is -2.22. The number of nitrogens with zero attached hydrogens (tertiary/aromatic N) is 2. The van der Waals surface area contributed by atoms with E-state index in [9.17, 15) is 4.79 Å². The third-order valence-electron chi connectivity index (χ3n) is 4.38. The number of nitrogens with one attached hydrogen (secondary N) is 1. The summed E-state index contributed by atoms with van der Waals surface area (Å²) in [4.78, 5) is 12.4. The van der Waals surface area contributed by atoms with E-state index < -0.39 is 0 Å². The predicted molar refractivity (Wildman–Crippen MR) is 122 cm³/mol. The summed E-state index contributed by atoms with van der Waals surface area (Å²) < 4.78 is 16.0. The summed E-state index contributed by atoms with van der Waals surface area (Å²) in [5.41, 5.74) is 2.89.